The van der Waals surface area contributed by atoms with Crippen molar-refractivity contribution in [1.82, 2.24) is 9.97 Å². The SMILES string of the molecule is CCCc1nc(-c2ccoc2)nc(Cl)c1I. The lowest BCUT2D eigenvalue weighted by molar-refractivity contribution is 0.568. The van der Waals surface area contributed by atoms with Gasteiger partial charge in [-0.2, -0.15) is 0 Å². The molecular formula is C11H10ClIN2O. The molecule has 2 rings (SSSR count). The summed E-state index contributed by atoms with van der Waals surface area (Å²) in [5, 5.41) is 0.509. The molecule has 2 heterocycles. The fourth-order valence-electron chi connectivity index (χ4n) is 1.39. The van der Waals surface area contributed by atoms with Crippen LogP contribution in [0.25, 0.3) is 11.4 Å². The lowest BCUT2D eigenvalue weighted by Gasteiger charge is -2.05. The number of aromatic nitrogens is 2. The molecule has 0 fully saturated rings. The molecule has 0 aliphatic carbocycles. The van der Waals surface area contributed by atoms with E-state index in [2.05, 4.69) is 39.5 Å². The number of halogens is 2. The van der Waals surface area contributed by atoms with Gasteiger partial charge in [0.1, 0.15) is 11.4 Å². The van der Waals surface area contributed by atoms with Crippen LogP contribution in [-0.4, -0.2) is 9.97 Å². The minimum atomic E-state index is 0.509. The number of aryl methyl sites for hydroxylation is 1. The molecule has 0 N–H and O–H groups in total. The molecule has 0 aliphatic rings. The lowest BCUT2D eigenvalue weighted by Crippen LogP contribution is -2.00. The summed E-state index contributed by atoms with van der Waals surface area (Å²) >= 11 is 8.26. The van der Waals surface area contributed by atoms with Crippen LogP contribution in [-0.2, 0) is 6.42 Å². The standard InChI is InChI=1S/C11H10ClIN2O/c1-2-3-8-9(13)10(12)15-11(14-8)7-4-5-16-6-7/h4-6H,2-3H2,1H3. The van der Waals surface area contributed by atoms with Crippen LogP contribution in [0.3, 0.4) is 0 Å². The first-order chi connectivity index (χ1) is 7.72. The van der Waals surface area contributed by atoms with Crippen molar-refractivity contribution in [2.45, 2.75) is 19.8 Å². The summed E-state index contributed by atoms with van der Waals surface area (Å²) in [5.74, 6) is 0.627. The van der Waals surface area contributed by atoms with Crippen molar-refractivity contribution in [1.29, 1.82) is 0 Å². The first-order valence-corrected chi connectivity index (χ1v) is 6.42. The van der Waals surface area contributed by atoms with Gasteiger partial charge in [0.25, 0.3) is 0 Å². The van der Waals surface area contributed by atoms with Gasteiger partial charge in [-0.25, -0.2) is 9.97 Å². The molecule has 0 bridgehead atoms. The van der Waals surface area contributed by atoms with Crippen molar-refractivity contribution >= 4 is 34.2 Å². The first-order valence-electron chi connectivity index (χ1n) is 4.97. The Hall–Kier alpha value is -0.620. The van der Waals surface area contributed by atoms with Crippen molar-refractivity contribution in [3.63, 3.8) is 0 Å². The van der Waals surface area contributed by atoms with E-state index >= 15 is 0 Å². The van der Waals surface area contributed by atoms with Crippen LogP contribution in [0.5, 0.6) is 0 Å². The average Bonchev–Trinajstić information content (AvgIpc) is 2.78. The third-order valence-corrected chi connectivity index (χ3v) is 3.87. The second-order valence-electron chi connectivity index (χ2n) is 3.36. The summed E-state index contributed by atoms with van der Waals surface area (Å²) in [7, 11) is 0. The zero-order chi connectivity index (χ0) is 11.5. The van der Waals surface area contributed by atoms with E-state index in [0.717, 1.165) is 27.7 Å². The highest BCUT2D eigenvalue weighted by atomic mass is 127. The molecule has 2 aromatic heterocycles. The molecule has 0 radical (unpaired) electrons. The summed E-state index contributed by atoms with van der Waals surface area (Å²) in [6, 6.07) is 1.83. The maximum atomic E-state index is 6.08. The fourth-order valence-corrected chi connectivity index (χ4v) is 2.09. The van der Waals surface area contributed by atoms with Crippen molar-refractivity contribution in [3.05, 3.63) is 33.0 Å². The molecule has 0 aromatic carbocycles. The molecule has 0 spiro atoms. The fraction of sp³-hybridized carbons (Fsp3) is 0.273. The molecule has 16 heavy (non-hydrogen) atoms. The van der Waals surface area contributed by atoms with Crippen LogP contribution in [0.4, 0.5) is 0 Å². The Morgan fingerprint density at radius 3 is 2.88 bits per heavy atom. The van der Waals surface area contributed by atoms with Crippen molar-refractivity contribution in [2.75, 3.05) is 0 Å². The van der Waals surface area contributed by atoms with Crippen LogP contribution in [0, 0.1) is 3.57 Å². The summed E-state index contributed by atoms with van der Waals surface area (Å²) in [4.78, 5) is 8.75. The van der Waals surface area contributed by atoms with Gasteiger partial charge >= 0.3 is 0 Å². The van der Waals surface area contributed by atoms with E-state index in [1.54, 1.807) is 12.5 Å². The van der Waals surface area contributed by atoms with Gasteiger partial charge in [-0.05, 0) is 35.1 Å². The molecule has 0 aliphatic heterocycles. The summed E-state index contributed by atoms with van der Waals surface area (Å²) < 4.78 is 5.95. The smallest absolute Gasteiger partial charge is 0.164 e. The Labute approximate surface area is 112 Å². The Morgan fingerprint density at radius 1 is 1.44 bits per heavy atom. The Bertz CT molecular complexity index is 485. The van der Waals surface area contributed by atoms with E-state index in [1.165, 1.54) is 0 Å². The topological polar surface area (TPSA) is 38.9 Å². The highest BCUT2D eigenvalue weighted by Gasteiger charge is 2.11. The molecule has 0 saturated carbocycles. The summed E-state index contributed by atoms with van der Waals surface area (Å²) in [6.45, 7) is 2.11. The van der Waals surface area contributed by atoms with Crippen molar-refractivity contribution in [2.24, 2.45) is 0 Å². The second kappa shape index (κ2) is 5.14. The van der Waals surface area contributed by atoms with Crippen LogP contribution < -0.4 is 0 Å². The van der Waals surface area contributed by atoms with Crippen LogP contribution >= 0.6 is 34.2 Å². The van der Waals surface area contributed by atoms with E-state index in [1.807, 2.05) is 6.07 Å². The number of hydrogen-bond acceptors (Lipinski definition) is 3. The van der Waals surface area contributed by atoms with Gasteiger partial charge < -0.3 is 4.42 Å². The van der Waals surface area contributed by atoms with Crippen molar-refractivity contribution < 1.29 is 4.42 Å². The van der Waals surface area contributed by atoms with Crippen LogP contribution in [0.15, 0.2) is 23.0 Å². The maximum absolute atomic E-state index is 6.08. The third-order valence-electron chi connectivity index (χ3n) is 2.15. The van der Waals surface area contributed by atoms with E-state index in [0.29, 0.717) is 11.0 Å². The predicted molar refractivity (Wildman–Crippen MR) is 71.5 cm³/mol. The molecule has 84 valence electrons. The van der Waals surface area contributed by atoms with E-state index in [4.69, 9.17) is 16.0 Å². The monoisotopic (exact) mass is 348 g/mol. The highest BCUT2D eigenvalue weighted by molar-refractivity contribution is 14.1. The minimum Gasteiger partial charge on any atom is -0.472 e. The molecule has 0 atom stereocenters. The number of nitrogens with zero attached hydrogens (tertiary/aromatic N) is 2. The van der Waals surface area contributed by atoms with Crippen LogP contribution in [0.2, 0.25) is 5.15 Å². The molecule has 0 unspecified atom stereocenters. The quantitative estimate of drug-likeness (QED) is 0.623. The van der Waals surface area contributed by atoms with Gasteiger partial charge in [-0.1, -0.05) is 24.9 Å². The highest BCUT2D eigenvalue weighted by Crippen LogP contribution is 2.24. The normalized spacial score (nSPS) is 10.7. The van der Waals surface area contributed by atoms with E-state index < -0.39 is 0 Å². The average molecular weight is 349 g/mol. The minimum absolute atomic E-state index is 0.509. The second-order valence-corrected chi connectivity index (χ2v) is 4.80. The van der Waals surface area contributed by atoms with E-state index in [-0.39, 0.29) is 0 Å². The Balaban J connectivity index is 2.48. The number of rotatable bonds is 3. The Morgan fingerprint density at radius 2 is 2.25 bits per heavy atom. The van der Waals surface area contributed by atoms with Gasteiger partial charge in [-0.3, -0.25) is 0 Å². The van der Waals surface area contributed by atoms with Gasteiger partial charge in [0.05, 0.1) is 21.1 Å². The van der Waals surface area contributed by atoms with Crippen molar-refractivity contribution in [3.8, 4) is 11.4 Å². The Kier molecular flexibility index (Phi) is 3.81. The van der Waals surface area contributed by atoms with Gasteiger partial charge in [0.2, 0.25) is 0 Å². The number of hydrogen-bond donors (Lipinski definition) is 0. The third kappa shape index (κ3) is 2.38. The first kappa shape index (κ1) is 11.9. The summed E-state index contributed by atoms with van der Waals surface area (Å²) in [5.41, 5.74) is 1.86. The molecule has 0 amide bonds. The van der Waals surface area contributed by atoms with Gasteiger partial charge in [0.15, 0.2) is 5.82 Å². The maximum Gasteiger partial charge on any atom is 0.164 e. The van der Waals surface area contributed by atoms with E-state index in [9.17, 15) is 0 Å². The molecule has 5 heteroatoms. The van der Waals surface area contributed by atoms with Gasteiger partial charge in [0, 0.05) is 0 Å². The molecule has 0 saturated heterocycles. The molecular weight excluding hydrogens is 338 g/mol. The van der Waals surface area contributed by atoms with Crippen LogP contribution in [0.1, 0.15) is 19.0 Å². The largest absolute Gasteiger partial charge is 0.472 e. The molecule has 3 nitrogen and oxygen atoms in total. The zero-order valence-electron chi connectivity index (χ0n) is 8.70. The molecule has 2 aromatic rings. The predicted octanol–water partition coefficient (Wildman–Crippen LogP) is 3.95. The summed E-state index contributed by atoms with van der Waals surface area (Å²) in [6.07, 6.45) is 5.16. The van der Waals surface area contributed by atoms with Gasteiger partial charge in [-0.15, -0.1) is 0 Å². The zero-order valence-corrected chi connectivity index (χ0v) is 11.6. The lowest BCUT2D eigenvalue weighted by atomic mass is 10.2. The number of furan rings is 1.